The predicted molar refractivity (Wildman–Crippen MR) is 190 cm³/mol. The van der Waals surface area contributed by atoms with Crippen molar-refractivity contribution in [3.05, 3.63) is 132 Å². The van der Waals surface area contributed by atoms with E-state index in [1.165, 1.54) is 32.0 Å². The molecule has 0 N–H and O–H groups in total. The molecule has 0 fully saturated rings. The molecule has 10 nitrogen and oxygen atoms in total. The van der Waals surface area contributed by atoms with E-state index in [2.05, 4.69) is 19.2 Å². The van der Waals surface area contributed by atoms with Crippen molar-refractivity contribution < 1.29 is 42.9 Å². The smallest absolute Gasteiger partial charge is 0.343 e. The van der Waals surface area contributed by atoms with Crippen molar-refractivity contribution in [3.63, 3.8) is 0 Å². The summed E-state index contributed by atoms with van der Waals surface area (Å²) >= 11 is 0. The highest BCUT2D eigenvalue weighted by molar-refractivity contribution is 5.96. The van der Waals surface area contributed by atoms with Crippen LogP contribution in [0.1, 0.15) is 65.8 Å². The van der Waals surface area contributed by atoms with E-state index in [4.69, 9.17) is 28.9 Å². The molecule has 10 heteroatoms. The number of benzene rings is 4. The van der Waals surface area contributed by atoms with Gasteiger partial charge in [-0.25, -0.2) is 19.2 Å². The molecule has 4 aromatic carbocycles. The first kappa shape index (κ1) is 37.4. The highest BCUT2D eigenvalue weighted by Gasteiger charge is 2.20. The Kier molecular flexibility index (Phi) is 13.4. The van der Waals surface area contributed by atoms with Gasteiger partial charge >= 0.3 is 23.9 Å². The maximum Gasteiger partial charge on any atom is 0.343 e. The van der Waals surface area contributed by atoms with Crippen LogP contribution in [0.25, 0.3) is 11.1 Å². The minimum atomic E-state index is -0.735. The number of nitrogens with zero attached hydrogens (tertiary/aromatic N) is 1. The highest BCUT2D eigenvalue weighted by Crippen LogP contribution is 2.27. The largest absolute Gasteiger partial charge is 0.494 e. The van der Waals surface area contributed by atoms with E-state index in [1.54, 1.807) is 48.5 Å². The average molecular weight is 688 g/mol. The lowest BCUT2D eigenvalue weighted by molar-refractivity contribution is -0.131. The van der Waals surface area contributed by atoms with E-state index in [0.29, 0.717) is 35.7 Å². The van der Waals surface area contributed by atoms with E-state index in [9.17, 15) is 19.2 Å². The molecule has 0 heterocycles. The Morgan fingerprint density at radius 3 is 1.76 bits per heavy atom. The molecule has 0 aliphatic heterocycles. The third kappa shape index (κ3) is 11.3. The van der Waals surface area contributed by atoms with E-state index in [-0.39, 0.29) is 34.8 Å². The van der Waals surface area contributed by atoms with Crippen LogP contribution in [0, 0.1) is 11.3 Å². The van der Waals surface area contributed by atoms with Crippen LogP contribution in [0.5, 0.6) is 23.0 Å². The summed E-state index contributed by atoms with van der Waals surface area (Å²) in [5.74, 6) is -1.54. The molecule has 0 aliphatic rings. The van der Waals surface area contributed by atoms with Crippen molar-refractivity contribution in [2.45, 2.75) is 39.5 Å². The summed E-state index contributed by atoms with van der Waals surface area (Å²) < 4.78 is 27.2. The lowest BCUT2D eigenvalue weighted by Gasteiger charge is -2.12. The summed E-state index contributed by atoms with van der Waals surface area (Å²) in [5, 5.41) is 8.97. The molecule has 0 aromatic heterocycles. The molecule has 0 atom stereocenters. The third-order valence-corrected chi connectivity index (χ3v) is 7.32. The lowest BCUT2D eigenvalue weighted by atomic mass is 10.0. The number of hydrogen-bond acceptors (Lipinski definition) is 10. The Bertz CT molecular complexity index is 1940. The van der Waals surface area contributed by atoms with Crippen molar-refractivity contribution >= 4 is 23.9 Å². The fourth-order valence-electron chi connectivity index (χ4n) is 4.50. The van der Waals surface area contributed by atoms with Crippen LogP contribution in [0.2, 0.25) is 0 Å². The minimum absolute atomic E-state index is 0.0446. The normalized spacial score (nSPS) is 10.3. The van der Waals surface area contributed by atoms with Gasteiger partial charge in [-0.1, -0.05) is 37.4 Å². The predicted octanol–water partition coefficient (Wildman–Crippen LogP) is 8.20. The molecule has 0 aliphatic carbocycles. The third-order valence-electron chi connectivity index (χ3n) is 7.32. The van der Waals surface area contributed by atoms with Gasteiger partial charge in [0.15, 0.2) is 0 Å². The van der Waals surface area contributed by atoms with Crippen molar-refractivity contribution in [1.29, 1.82) is 5.26 Å². The van der Waals surface area contributed by atoms with Crippen LogP contribution in [0.4, 0.5) is 0 Å². The fraction of sp³-hybridized carbons (Fsp3) is 0.195. The zero-order valence-corrected chi connectivity index (χ0v) is 28.4. The summed E-state index contributed by atoms with van der Waals surface area (Å²) in [6, 6.07) is 27.2. The molecule has 0 radical (unpaired) electrons. The summed E-state index contributed by atoms with van der Waals surface area (Å²) in [7, 11) is 0. The number of esters is 4. The monoisotopic (exact) mass is 687 g/mol. The Hall–Kier alpha value is -6.47. The van der Waals surface area contributed by atoms with Crippen LogP contribution in [0.15, 0.2) is 115 Å². The SMILES string of the molecule is C=C(C)C(=O)Oc1ccc(OC(=O)C(=C)C)c(C(=O)OCCCCCCOc2ccc(C(=O)Oc3ccc(-c4ccc(C#N)cc4)cc3)cc2)c1. The quantitative estimate of drug-likeness (QED) is 0.0490. The van der Waals surface area contributed by atoms with Crippen LogP contribution in [0.3, 0.4) is 0 Å². The second-order valence-corrected chi connectivity index (χ2v) is 11.5. The Balaban J connectivity index is 1.16. The highest BCUT2D eigenvalue weighted by atomic mass is 16.6. The zero-order valence-electron chi connectivity index (χ0n) is 28.4. The molecular weight excluding hydrogens is 650 g/mol. The number of unbranched alkanes of at least 4 members (excludes halogenated alkanes) is 3. The average Bonchev–Trinajstić information content (AvgIpc) is 3.13. The molecule has 51 heavy (non-hydrogen) atoms. The number of nitriles is 1. The van der Waals surface area contributed by atoms with Crippen LogP contribution < -0.4 is 18.9 Å². The van der Waals surface area contributed by atoms with Gasteiger partial charge in [0, 0.05) is 11.1 Å². The molecule has 0 saturated heterocycles. The molecule has 4 rings (SSSR count). The van der Waals surface area contributed by atoms with Gasteiger partial charge in [-0.2, -0.15) is 5.26 Å². The first-order chi connectivity index (χ1) is 24.5. The summed E-state index contributed by atoms with van der Waals surface area (Å²) in [6.45, 7) is 10.6. The van der Waals surface area contributed by atoms with Gasteiger partial charge in [0.25, 0.3) is 0 Å². The summed E-state index contributed by atoms with van der Waals surface area (Å²) in [5.41, 5.74) is 3.11. The van der Waals surface area contributed by atoms with Crippen molar-refractivity contribution in [2.24, 2.45) is 0 Å². The molecule has 0 spiro atoms. The topological polar surface area (TPSA) is 138 Å². The number of ether oxygens (including phenoxy) is 5. The van der Waals surface area contributed by atoms with E-state index in [0.717, 1.165) is 30.4 Å². The van der Waals surface area contributed by atoms with Gasteiger partial charge < -0.3 is 23.7 Å². The molecule has 4 aromatic rings. The van der Waals surface area contributed by atoms with Gasteiger partial charge in [-0.05, 0) is 117 Å². The standard InChI is InChI=1S/C41H37NO9/c1-27(2)38(43)50-35-21-22-37(51-39(44)28(3)4)36(25-35)41(46)48-24-8-6-5-7-23-47-33-17-15-32(16-18-33)40(45)49-34-19-13-31(14-20-34)30-11-9-29(26-42)10-12-30/h9-22,25H,1,3,5-8,23-24H2,2,4H3. The lowest BCUT2D eigenvalue weighted by Crippen LogP contribution is -2.14. The molecule has 0 unspecified atom stereocenters. The number of carbonyl (C=O) groups excluding carboxylic acids is 4. The van der Waals surface area contributed by atoms with E-state index >= 15 is 0 Å². The van der Waals surface area contributed by atoms with E-state index in [1.807, 2.05) is 24.3 Å². The number of rotatable bonds is 16. The molecule has 0 bridgehead atoms. The first-order valence-electron chi connectivity index (χ1n) is 16.2. The summed E-state index contributed by atoms with van der Waals surface area (Å²) in [4.78, 5) is 49.5. The van der Waals surface area contributed by atoms with Crippen molar-refractivity contribution in [1.82, 2.24) is 0 Å². The maximum absolute atomic E-state index is 12.9. The Morgan fingerprint density at radius 1 is 0.608 bits per heavy atom. The number of carbonyl (C=O) groups is 4. The van der Waals surface area contributed by atoms with Crippen LogP contribution in [-0.4, -0.2) is 37.1 Å². The summed E-state index contributed by atoms with van der Waals surface area (Å²) in [6.07, 6.45) is 2.93. The number of hydrogen-bond donors (Lipinski definition) is 0. The van der Waals surface area contributed by atoms with Gasteiger partial charge in [-0.15, -0.1) is 0 Å². The van der Waals surface area contributed by atoms with Gasteiger partial charge in [0.2, 0.25) is 0 Å². The van der Waals surface area contributed by atoms with E-state index < -0.39 is 23.9 Å². The van der Waals surface area contributed by atoms with Gasteiger partial charge in [0.1, 0.15) is 28.6 Å². The van der Waals surface area contributed by atoms with Gasteiger partial charge in [0.05, 0.1) is 30.4 Å². The minimum Gasteiger partial charge on any atom is -0.494 e. The molecular formula is C41H37NO9. The van der Waals surface area contributed by atoms with Crippen LogP contribution >= 0.6 is 0 Å². The molecule has 260 valence electrons. The molecule has 0 amide bonds. The van der Waals surface area contributed by atoms with Gasteiger partial charge in [-0.3, -0.25) is 0 Å². The van der Waals surface area contributed by atoms with Crippen LogP contribution in [-0.2, 0) is 14.3 Å². The first-order valence-corrected chi connectivity index (χ1v) is 16.2. The Morgan fingerprint density at radius 2 is 1.16 bits per heavy atom. The fourth-order valence-corrected chi connectivity index (χ4v) is 4.50. The van der Waals surface area contributed by atoms with Crippen molar-refractivity contribution in [3.8, 4) is 40.2 Å². The second kappa shape index (κ2) is 18.3. The van der Waals surface area contributed by atoms with Crippen molar-refractivity contribution in [2.75, 3.05) is 13.2 Å². The maximum atomic E-state index is 12.9. The molecule has 0 saturated carbocycles. The second-order valence-electron chi connectivity index (χ2n) is 11.5. The zero-order chi connectivity index (χ0) is 36.8. The Labute approximate surface area is 296 Å².